The molecule has 0 unspecified atom stereocenters. The number of hydrogen-bond acceptors (Lipinski definition) is 7. The van der Waals surface area contributed by atoms with Gasteiger partial charge >= 0.3 is 0 Å². The first kappa shape index (κ1) is 21.6. The number of pyridine rings is 1. The summed E-state index contributed by atoms with van der Waals surface area (Å²) in [5.74, 6) is 0.492. The van der Waals surface area contributed by atoms with Crippen LogP contribution >= 0.6 is 11.3 Å². The van der Waals surface area contributed by atoms with E-state index in [0.29, 0.717) is 18.9 Å². The van der Waals surface area contributed by atoms with E-state index in [0.717, 1.165) is 24.4 Å². The fraction of sp³-hybridized carbons (Fsp3) is 0.273. The highest BCUT2D eigenvalue weighted by Crippen LogP contribution is 2.25. The van der Waals surface area contributed by atoms with Crippen molar-refractivity contribution in [3.8, 4) is 10.4 Å². The predicted molar refractivity (Wildman–Crippen MR) is 126 cm³/mol. The molecule has 31 heavy (non-hydrogen) atoms. The maximum absolute atomic E-state index is 12.8. The molecule has 162 valence electrons. The van der Waals surface area contributed by atoms with Gasteiger partial charge in [-0.2, -0.15) is 9.41 Å². The molecule has 0 radical (unpaired) electrons. The number of aromatic nitrogens is 1. The Hall–Kier alpha value is -2.59. The minimum atomic E-state index is -3.52. The molecule has 2 aromatic heterocycles. The van der Waals surface area contributed by atoms with E-state index in [2.05, 4.69) is 44.0 Å². The summed E-state index contributed by atoms with van der Waals surface area (Å²) in [5, 5.41) is 6.45. The number of anilines is 1. The third-order valence-electron chi connectivity index (χ3n) is 5.28. The molecule has 1 aliphatic heterocycles. The van der Waals surface area contributed by atoms with Gasteiger partial charge in [-0.25, -0.2) is 13.4 Å². The monoisotopic (exact) mass is 455 g/mol. The molecule has 0 aliphatic carbocycles. The van der Waals surface area contributed by atoms with Gasteiger partial charge in [0.25, 0.3) is 0 Å². The van der Waals surface area contributed by atoms with Crippen molar-refractivity contribution in [2.24, 2.45) is 5.10 Å². The van der Waals surface area contributed by atoms with Crippen LogP contribution in [-0.4, -0.2) is 61.5 Å². The summed E-state index contributed by atoms with van der Waals surface area (Å²) in [4.78, 5) is 7.79. The van der Waals surface area contributed by atoms with Gasteiger partial charge in [-0.1, -0.05) is 30.3 Å². The number of sulfonamides is 1. The Morgan fingerprint density at radius 2 is 1.81 bits per heavy atom. The van der Waals surface area contributed by atoms with Crippen LogP contribution in [0.4, 0.5) is 5.82 Å². The number of hydrazone groups is 1. The highest BCUT2D eigenvalue weighted by atomic mass is 32.2. The van der Waals surface area contributed by atoms with Crippen molar-refractivity contribution in [3.63, 3.8) is 0 Å². The van der Waals surface area contributed by atoms with Gasteiger partial charge in [0.05, 0.1) is 5.71 Å². The zero-order valence-corrected chi connectivity index (χ0v) is 19.2. The second kappa shape index (κ2) is 9.27. The van der Waals surface area contributed by atoms with Crippen LogP contribution in [0.2, 0.25) is 0 Å². The minimum Gasteiger partial charge on any atom is -0.304 e. The predicted octanol–water partition coefficient (Wildman–Crippen LogP) is 3.58. The summed E-state index contributed by atoms with van der Waals surface area (Å²) in [6.45, 7) is 4.36. The lowest BCUT2D eigenvalue weighted by Crippen LogP contribution is -2.47. The largest absolute Gasteiger partial charge is 0.304 e. The number of hydrogen-bond donors (Lipinski definition) is 1. The van der Waals surface area contributed by atoms with Crippen LogP contribution in [0.3, 0.4) is 0 Å². The zero-order chi connectivity index (χ0) is 21.8. The van der Waals surface area contributed by atoms with Crippen molar-refractivity contribution >= 4 is 32.9 Å². The molecule has 1 aromatic carbocycles. The zero-order valence-electron chi connectivity index (χ0n) is 17.5. The van der Waals surface area contributed by atoms with E-state index < -0.39 is 10.0 Å². The molecule has 9 heteroatoms. The SMILES string of the molecule is C/C(=N\Nc1ccc(S(=O)(=O)N2CCN(C)CC2)cn1)c1ccc(-c2cccs2)cc1. The topological polar surface area (TPSA) is 77.9 Å². The second-order valence-electron chi connectivity index (χ2n) is 7.45. The molecule has 0 spiro atoms. The summed E-state index contributed by atoms with van der Waals surface area (Å²) in [6.07, 6.45) is 1.39. The molecule has 0 bridgehead atoms. The van der Waals surface area contributed by atoms with Gasteiger partial charge in [0.15, 0.2) is 0 Å². The average molecular weight is 456 g/mol. The van der Waals surface area contributed by atoms with Crippen molar-refractivity contribution < 1.29 is 8.42 Å². The van der Waals surface area contributed by atoms with E-state index in [1.165, 1.54) is 20.9 Å². The molecule has 0 saturated carbocycles. The van der Waals surface area contributed by atoms with E-state index >= 15 is 0 Å². The van der Waals surface area contributed by atoms with Crippen LogP contribution < -0.4 is 5.43 Å². The van der Waals surface area contributed by atoms with Gasteiger partial charge in [0.1, 0.15) is 10.7 Å². The number of likely N-dealkylation sites (N-methyl/N-ethyl adjacent to an activating group) is 1. The Morgan fingerprint density at radius 3 is 2.42 bits per heavy atom. The van der Waals surface area contributed by atoms with Gasteiger partial charge in [0.2, 0.25) is 10.0 Å². The molecule has 1 N–H and O–H groups in total. The summed E-state index contributed by atoms with van der Waals surface area (Å²) < 4.78 is 27.1. The second-order valence-corrected chi connectivity index (χ2v) is 10.3. The quantitative estimate of drug-likeness (QED) is 0.454. The number of piperazine rings is 1. The van der Waals surface area contributed by atoms with Crippen molar-refractivity contribution in [1.29, 1.82) is 0 Å². The van der Waals surface area contributed by atoms with Gasteiger partial charge in [-0.15, -0.1) is 11.3 Å². The van der Waals surface area contributed by atoms with E-state index in [4.69, 9.17) is 0 Å². The number of rotatable bonds is 6. The van der Waals surface area contributed by atoms with Crippen LogP contribution in [0.15, 0.2) is 70.1 Å². The van der Waals surface area contributed by atoms with Crippen molar-refractivity contribution in [1.82, 2.24) is 14.2 Å². The van der Waals surface area contributed by atoms with E-state index in [1.54, 1.807) is 23.5 Å². The molecule has 7 nitrogen and oxygen atoms in total. The average Bonchev–Trinajstić information content (AvgIpc) is 3.33. The molecular formula is C22H25N5O2S2. The van der Waals surface area contributed by atoms with Crippen molar-refractivity contribution in [3.05, 3.63) is 65.7 Å². The van der Waals surface area contributed by atoms with Gasteiger partial charge in [-0.05, 0) is 48.7 Å². The maximum atomic E-state index is 12.8. The van der Waals surface area contributed by atoms with Gasteiger partial charge in [0, 0.05) is 37.3 Å². The summed E-state index contributed by atoms with van der Waals surface area (Å²) in [6, 6.07) is 15.6. The van der Waals surface area contributed by atoms with Crippen LogP contribution in [0, 0.1) is 0 Å². The molecular weight excluding hydrogens is 430 g/mol. The first-order chi connectivity index (χ1) is 14.9. The Bertz CT molecular complexity index is 1130. The summed E-state index contributed by atoms with van der Waals surface area (Å²) in [5.41, 5.74) is 5.91. The van der Waals surface area contributed by atoms with Crippen LogP contribution in [0.5, 0.6) is 0 Å². The fourth-order valence-electron chi connectivity index (χ4n) is 3.30. The molecule has 1 saturated heterocycles. The van der Waals surface area contributed by atoms with Crippen molar-refractivity contribution in [2.75, 3.05) is 38.7 Å². The molecule has 1 aliphatic rings. The standard InChI is InChI=1S/C22H25N5O2S2/c1-17(18-5-7-19(8-6-18)21-4-3-15-30-21)24-25-22-10-9-20(16-23-22)31(28,29)27-13-11-26(2)12-14-27/h3-10,15-16H,11-14H2,1-2H3,(H,23,25)/b24-17+. The summed E-state index contributed by atoms with van der Waals surface area (Å²) in [7, 11) is -1.53. The van der Waals surface area contributed by atoms with Crippen molar-refractivity contribution in [2.45, 2.75) is 11.8 Å². The van der Waals surface area contributed by atoms with E-state index in [-0.39, 0.29) is 4.90 Å². The molecule has 4 rings (SSSR count). The Labute approximate surface area is 187 Å². The van der Waals surface area contributed by atoms with Crippen LogP contribution in [0.1, 0.15) is 12.5 Å². The lowest BCUT2D eigenvalue weighted by Gasteiger charge is -2.31. The maximum Gasteiger partial charge on any atom is 0.244 e. The van der Waals surface area contributed by atoms with E-state index in [1.807, 2.05) is 32.2 Å². The molecule has 3 heterocycles. The minimum absolute atomic E-state index is 0.201. The normalized spacial score (nSPS) is 16.4. The van der Waals surface area contributed by atoms with Crippen LogP contribution in [-0.2, 0) is 10.0 Å². The summed E-state index contributed by atoms with van der Waals surface area (Å²) >= 11 is 1.71. The number of benzene rings is 1. The molecule has 3 aromatic rings. The highest BCUT2D eigenvalue weighted by Gasteiger charge is 2.27. The van der Waals surface area contributed by atoms with E-state index in [9.17, 15) is 8.42 Å². The molecule has 1 fully saturated rings. The number of nitrogens with zero attached hydrogens (tertiary/aromatic N) is 4. The first-order valence-corrected chi connectivity index (χ1v) is 12.3. The first-order valence-electron chi connectivity index (χ1n) is 10.0. The lowest BCUT2D eigenvalue weighted by atomic mass is 10.1. The smallest absolute Gasteiger partial charge is 0.244 e. The third-order valence-corrected chi connectivity index (χ3v) is 8.08. The number of nitrogens with one attached hydrogen (secondary N) is 1. The van der Waals surface area contributed by atoms with Crippen LogP contribution in [0.25, 0.3) is 10.4 Å². The Balaban J connectivity index is 1.41. The Kier molecular flexibility index (Phi) is 6.47. The lowest BCUT2D eigenvalue weighted by molar-refractivity contribution is 0.222. The molecule has 0 amide bonds. The number of thiophene rings is 1. The highest BCUT2D eigenvalue weighted by molar-refractivity contribution is 7.89. The third kappa shape index (κ3) is 5.01. The van der Waals surface area contributed by atoms with Gasteiger partial charge < -0.3 is 4.90 Å². The fourth-order valence-corrected chi connectivity index (χ4v) is 5.40. The van der Waals surface area contributed by atoms with Gasteiger partial charge in [-0.3, -0.25) is 5.43 Å². The molecule has 0 atom stereocenters. The Morgan fingerprint density at radius 1 is 1.06 bits per heavy atom.